The fourth-order valence-electron chi connectivity index (χ4n) is 2.12. The zero-order valence-electron chi connectivity index (χ0n) is 12.2. The van der Waals surface area contributed by atoms with Crippen molar-refractivity contribution in [2.45, 2.75) is 44.6 Å². The smallest absolute Gasteiger partial charge is 0.323 e. The minimum absolute atomic E-state index is 0.147. The van der Waals surface area contributed by atoms with E-state index in [0.29, 0.717) is 13.0 Å². The van der Waals surface area contributed by atoms with Crippen LogP contribution in [0, 0.1) is 0 Å². The van der Waals surface area contributed by atoms with Crippen LogP contribution in [0.4, 0.5) is 0 Å². The molecule has 0 amide bonds. The van der Waals surface area contributed by atoms with Crippen LogP contribution in [0.2, 0.25) is 0 Å². The number of benzene rings is 1. The molecule has 0 spiro atoms. The van der Waals surface area contributed by atoms with Gasteiger partial charge >= 0.3 is 5.97 Å². The standard InChI is InChI=1S/C16H23NO4/c17-14(9-11-20-15-8-4-5-10-19-15)16(18)21-12-13-6-2-1-3-7-13/h1-3,6-7,14-15H,4-5,8-12,17H2. The molecule has 5 heteroatoms. The molecule has 21 heavy (non-hydrogen) atoms. The van der Waals surface area contributed by atoms with Gasteiger partial charge in [-0.15, -0.1) is 0 Å². The van der Waals surface area contributed by atoms with E-state index in [4.69, 9.17) is 19.9 Å². The van der Waals surface area contributed by atoms with Crippen molar-refractivity contribution >= 4 is 5.97 Å². The Kier molecular flexibility index (Phi) is 6.66. The third-order valence-electron chi connectivity index (χ3n) is 3.40. The molecular formula is C16H23NO4. The number of ether oxygens (including phenoxy) is 3. The molecule has 1 aromatic carbocycles. The summed E-state index contributed by atoms with van der Waals surface area (Å²) >= 11 is 0. The average Bonchev–Trinajstić information content (AvgIpc) is 2.54. The van der Waals surface area contributed by atoms with E-state index in [1.807, 2.05) is 30.3 Å². The van der Waals surface area contributed by atoms with E-state index in [0.717, 1.165) is 31.4 Å². The quantitative estimate of drug-likeness (QED) is 0.778. The number of hydrogen-bond donors (Lipinski definition) is 1. The van der Waals surface area contributed by atoms with Crippen LogP contribution in [-0.2, 0) is 25.6 Å². The van der Waals surface area contributed by atoms with Crippen LogP contribution in [0.15, 0.2) is 30.3 Å². The number of esters is 1. The van der Waals surface area contributed by atoms with Crippen molar-refractivity contribution in [1.29, 1.82) is 0 Å². The predicted octanol–water partition coefficient (Wildman–Crippen LogP) is 1.99. The molecule has 0 aromatic heterocycles. The molecule has 1 fully saturated rings. The van der Waals surface area contributed by atoms with Gasteiger partial charge in [0.25, 0.3) is 0 Å². The van der Waals surface area contributed by atoms with Crippen molar-refractivity contribution in [3.05, 3.63) is 35.9 Å². The van der Waals surface area contributed by atoms with Crippen LogP contribution >= 0.6 is 0 Å². The zero-order chi connectivity index (χ0) is 14.9. The van der Waals surface area contributed by atoms with Crippen LogP contribution in [0.5, 0.6) is 0 Å². The topological polar surface area (TPSA) is 70.8 Å². The van der Waals surface area contributed by atoms with Gasteiger partial charge in [0.1, 0.15) is 12.6 Å². The van der Waals surface area contributed by atoms with Gasteiger partial charge in [-0.3, -0.25) is 4.79 Å². The van der Waals surface area contributed by atoms with Gasteiger partial charge in [-0.05, 0) is 31.2 Å². The summed E-state index contributed by atoms with van der Waals surface area (Å²) in [7, 11) is 0. The summed E-state index contributed by atoms with van der Waals surface area (Å²) in [5.74, 6) is -0.396. The largest absolute Gasteiger partial charge is 0.460 e. The second-order valence-electron chi connectivity index (χ2n) is 5.16. The third-order valence-corrected chi connectivity index (χ3v) is 3.40. The van der Waals surface area contributed by atoms with Gasteiger partial charge in [0.2, 0.25) is 0 Å². The van der Waals surface area contributed by atoms with E-state index < -0.39 is 12.0 Å². The summed E-state index contributed by atoms with van der Waals surface area (Å²) in [4.78, 5) is 11.8. The Bertz CT molecular complexity index is 418. The van der Waals surface area contributed by atoms with E-state index in [-0.39, 0.29) is 12.9 Å². The lowest BCUT2D eigenvalue weighted by Crippen LogP contribution is -2.34. The summed E-state index contributed by atoms with van der Waals surface area (Å²) in [5, 5.41) is 0. The SMILES string of the molecule is NC(CCOC1CCCCO1)C(=O)OCc1ccccc1. The zero-order valence-corrected chi connectivity index (χ0v) is 12.2. The van der Waals surface area contributed by atoms with Gasteiger partial charge in [-0.25, -0.2) is 0 Å². The Morgan fingerprint density at radius 1 is 1.33 bits per heavy atom. The number of nitrogens with two attached hydrogens (primary N) is 1. The van der Waals surface area contributed by atoms with Crippen molar-refractivity contribution < 1.29 is 19.0 Å². The lowest BCUT2D eigenvalue weighted by atomic mass is 10.2. The molecule has 0 radical (unpaired) electrons. The maximum absolute atomic E-state index is 11.8. The summed E-state index contributed by atoms with van der Waals surface area (Å²) < 4.78 is 16.2. The fraction of sp³-hybridized carbons (Fsp3) is 0.562. The maximum atomic E-state index is 11.8. The van der Waals surface area contributed by atoms with Gasteiger partial charge in [-0.2, -0.15) is 0 Å². The van der Waals surface area contributed by atoms with Gasteiger partial charge in [0.05, 0.1) is 6.61 Å². The first-order valence-corrected chi connectivity index (χ1v) is 7.45. The Labute approximate surface area is 125 Å². The lowest BCUT2D eigenvalue weighted by molar-refractivity contribution is -0.165. The van der Waals surface area contributed by atoms with Crippen LogP contribution in [0.25, 0.3) is 0 Å². The monoisotopic (exact) mass is 293 g/mol. The van der Waals surface area contributed by atoms with Crippen LogP contribution in [0.3, 0.4) is 0 Å². The molecule has 1 heterocycles. The molecule has 2 rings (SSSR count). The molecule has 2 unspecified atom stereocenters. The highest BCUT2D eigenvalue weighted by atomic mass is 16.7. The molecule has 0 saturated carbocycles. The highest BCUT2D eigenvalue weighted by Crippen LogP contribution is 2.14. The number of hydrogen-bond acceptors (Lipinski definition) is 5. The number of carbonyl (C=O) groups is 1. The summed E-state index contributed by atoms with van der Waals surface area (Å²) in [5.41, 5.74) is 6.75. The molecule has 2 N–H and O–H groups in total. The molecule has 0 aliphatic carbocycles. The Morgan fingerprint density at radius 3 is 2.86 bits per heavy atom. The molecule has 1 saturated heterocycles. The van der Waals surface area contributed by atoms with E-state index in [2.05, 4.69) is 0 Å². The molecule has 116 valence electrons. The van der Waals surface area contributed by atoms with Crippen molar-refractivity contribution in [3.63, 3.8) is 0 Å². The molecular weight excluding hydrogens is 270 g/mol. The molecule has 0 bridgehead atoms. The Hall–Kier alpha value is -1.43. The van der Waals surface area contributed by atoms with Crippen LogP contribution in [0.1, 0.15) is 31.2 Å². The predicted molar refractivity (Wildman–Crippen MR) is 78.4 cm³/mol. The van der Waals surface area contributed by atoms with Crippen molar-refractivity contribution in [1.82, 2.24) is 0 Å². The Balaban J connectivity index is 1.60. The van der Waals surface area contributed by atoms with Crippen molar-refractivity contribution in [2.24, 2.45) is 5.73 Å². The highest BCUT2D eigenvalue weighted by molar-refractivity contribution is 5.75. The van der Waals surface area contributed by atoms with E-state index >= 15 is 0 Å². The summed E-state index contributed by atoms with van der Waals surface area (Å²) in [6.45, 7) is 1.40. The molecule has 2 atom stereocenters. The van der Waals surface area contributed by atoms with E-state index in [1.165, 1.54) is 0 Å². The normalized spacial score (nSPS) is 20.0. The first-order valence-electron chi connectivity index (χ1n) is 7.45. The minimum atomic E-state index is -0.655. The molecule has 1 aliphatic rings. The van der Waals surface area contributed by atoms with Crippen LogP contribution < -0.4 is 5.73 Å². The maximum Gasteiger partial charge on any atom is 0.323 e. The van der Waals surface area contributed by atoms with E-state index in [9.17, 15) is 4.79 Å². The van der Waals surface area contributed by atoms with Crippen LogP contribution in [-0.4, -0.2) is 31.5 Å². The Morgan fingerprint density at radius 2 is 2.14 bits per heavy atom. The van der Waals surface area contributed by atoms with Gasteiger partial charge in [-0.1, -0.05) is 30.3 Å². The fourth-order valence-corrected chi connectivity index (χ4v) is 2.12. The van der Waals surface area contributed by atoms with Gasteiger partial charge < -0.3 is 19.9 Å². The first-order chi connectivity index (χ1) is 10.3. The van der Waals surface area contributed by atoms with Gasteiger partial charge in [0.15, 0.2) is 6.29 Å². The third kappa shape index (κ3) is 5.83. The molecule has 1 aliphatic heterocycles. The van der Waals surface area contributed by atoms with Crippen molar-refractivity contribution in [3.8, 4) is 0 Å². The second-order valence-corrected chi connectivity index (χ2v) is 5.16. The summed E-state index contributed by atoms with van der Waals surface area (Å²) in [6.07, 6.45) is 3.41. The van der Waals surface area contributed by atoms with Gasteiger partial charge in [0, 0.05) is 6.61 Å². The second kappa shape index (κ2) is 8.77. The molecule has 5 nitrogen and oxygen atoms in total. The van der Waals surface area contributed by atoms with E-state index in [1.54, 1.807) is 0 Å². The first kappa shape index (κ1) is 15.9. The highest BCUT2D eigenvalue weighted by Gasteiger charge is 2.18. The average molecular weight is 293 g/mol. The molecule has 1 aromatic rings. The lowest BCUT2D eigenvalue weighted by Gasteiger charge is -2.23. The van der Waals surface area contributed by atoms with Crippen molar-refractivity contribution in [2.75, 3.05) is 13.2 Å². The summed E-state index contributed by atoms with van der Waals surface area (Å²) in [6, 6.07) is 8.88. The minimum Gasteiger partial charge on any atom is -0.460 e. The number of carbonyl (C=O) groups excluding carboxylic acids is 1. The number of rotatable bonds is 7.